The summed E-state index contributed by atoms with van der Waals surface area (Å²) in [6, 6.07) is 25.3. The van der Waals surface area contributed by atoms with Gasteiger partial charge in [-0.1, -0.05) is 143 Å². The maximum atomic E-state index is 15.4. The van der Waals surface area contributed by atoms with Gasteiger partial charge in [-0.25, -0.2) is 4.79 Å². The molecule has 8 rings (SSSR count). The highest BCUT2D eigenvalue weighted by Gasteiger charge is 2.66. The Labute approximate surface area is 449 Å². The Hall–Kier alpha value is -5.80. The summed E-state index contributed by atoms with van der Waals surface area (Å²) in [6.45, 7) is 7.59. The number of nitro benzene ring substituents is 1. The molecule has 7 unspecified atom stereocenters. The van der Waals surface area contributed by atoms with Gasteiger partial charge in [0.15, 0.2) is 0 Å². The van der Waals surface area contributed by atoms with Crippen molar-refractivity contribution in [3.63, 3.8) is 0 Å². The van der Waals surface area contributed by atoms with E-state index in [2.05, 4.69) is 43.8 Å². The van der Waals surface area contributed by atoms with Crippen LogP contribution in [-0.2, 0) is 25.6 Å². The van der Waals surface area contributed by atoms with Crippen LogP contribution in [0.15, 0.2) is 114 Å². The number of fused-ring (bicyclic) bond motifs is 3. The zero-order valence-corrected chi connectivity index (χ0v) is 44.7. The lowest BCUT2D eigenvalue weighted by atomic mass is 9.55. The van der Waals surface area contributed by atoms with E-state index < -0.39 is 35.1 Å². The molecule has 76 heavy (non-hydrogen) atoms. The number of allylic oxidation sites excluding steroid dienone is 1. The predicted molar refractivity (Wildman–Crippen MR) is 295 cm³/mol. The number of nitrogens with zero attached hydrogens (tertiary/aromatic N) is 3. The third-order valence-corrected chi connectivity index (χ3v) is 15.9. The van der Waals surface area contributed by atoms with Crippen LogP contribution >= 0.6 is 0 Å². The fraction of sp³-hybridized carbons (Fsp3) is 0.548. The zero-order valence-electron chi connectivity index (χ0n) is 44.7. The monoisotopic (exact) mass is 1040 g/mol. The number of benzene rings is 4. The minimum Gasteiger partial charge on any atom is -0.459 e. The number of carbonyl (C=O) groups is 1. The van der Waals surface area contributed by atoms with Gasteiger partial charge in [0.25, 0.3) is 5.69 Å². The summed E-state index contributed by atoms with van der Waals surface area (Å²) in [5, 5.41) is 39.2. The van der Waals surface area contributed by atoms with E-state index in [1.807, 2.05) is 30.3 Å². The van der Waals surface area contributed by atoms with Crippen LogP contribution in [0.4, 0.5) is 10.5 Å². The molecule has 1 amide bonds. The molecule has 2 heterocycles. The summed E-state index contributed by atoms with van der Waals surface area (Å²) in [5.41, 5.74) is 3.26. The number of hydrogen-bond donors (Lipinski definition) is 2. The molecule has 0 bridgehead atoms. The van der Waals surface area contributed by atoms with Crippen LogP contribution in [0.2, 0.25) is 0 Å². The molecule has 0 spiro atoms. The van der Waals surface area contributed by atoms with Crippen LogP contribution in [0.3, 0.4) is 0 Å². The molecule has 0 radical (unpaired) electrons. The first kappa shape index (κ1) is 56.4. The number of unbranched alkanes of at least 4 members (excludes halogenated alkanes) is 11. The van der Waals surface area contributed by atoms with Crippen molar-refractivity contribution in [3.05, 3.63) is 130 Å². The minimum absolute atomic E-state index is 0.00335. The van der Waals surface area contributed by atoms with E-state index in [0.29, 0.717) is 48.8 Å². The standard InChI is InChI=1S/C62H81N3O11/c1-3-5-6-7-8-9-10-11-12-20-39-72-61(68)64(44-47-27-22-26-45-24-13-14-30-51(45)47)57-43-55(63-76-58-32-17-21-38-71-58)53-40-46(25-15-18-35-66)52(31-16-19-36-67)59-54-42-50(74-49-29-23-28-48(41-49)65(69)70)33-34-56(54)75-62(57,60(53)59)73-37-4-2/h4,13-14,22-24,26-30,33-34,40-42,46,52,57-60,66-67H,2-3,5-12,15-21,25,31-32,35-39,43-44H2,1H3. The molecule has 1 saturated heterocycles. The Kier molecular flexibility index (Phi) is 21.2. The summed E-state index contributed by atoms with van der Waals surface area (Å²) in [5.74, 6) is -1.16. The molecule has 2 N–H and O–H groups in total. The average Bonchev–Trinajstić information content (AvgIpc) is 3.48. The van der Waals surface area contributed by atoms with Crippen LogP contribution < -0.4 is 9.47 Å². The van der Waals surface area contributed by atoms with Gasteiger partial charge in [0, 0.05) is 43.6 Å². The van der Waals surface area contributed by atoms with E-state index in [0.717, 1.165) is 91.7 Å². The first-order valence-corrected chi connectivity index (χ1v) is 28.5. The van der Waals surface area contributed by atoms with Gasteiger partial charge in [0.05, 0.1) is 49.0 Å². The lowest BCUT2D eigenvalue weighted by molar-refractivity contribution is -0.384. The van der Waals surface area contributed by atoms with Crippen molar-refractivity contribution in [2.24, 2.45) is 22.9 Å². The summed E-state index contributed by atoms with van der Waals surface area (Å²) >= 11 is 0. The number of aliphatic hydroxyl groups is 2. The van der Waals surface area contributed by atoms with Gasteiger partial charge in [-0.05, 0) is 103 Å². The van der Waals surface area contributed by atoms with E-state index in [1.54, 1.807) is 29.2 Å². The Bertz CT molecular complexity index is 2570. The highest BCUT2D eigenvalue weighted by molar-refractivity contribution is 6.03. The third-order valence-electron chi connectivity index (χ3n) is 15.9. The number of amides is 1. The molecule has 4 aliphatic rings. The Morgan fingerprint density at radius 3 is 2.36 bits per heavy atom. The van der Waals surface area contributed by atoms with Crippen LogP contribution in [0, 0.1) is 27.9 Å². The largest absolute Gasteiger partial charge is 0.459 e. The molecule has 1 saturated carbocycles. The maximum absolute atomic E-state index is 15.4. The quantitative estimate of drug-likeness (QED) is 0.0220. The fourth-order valence-electron chi connectivity index (χ4n) is 12.2. The van der Waals surface area contributed by atoms with Crippen LogP contribution in [0.5, 0.6) is 17.2 Å². The molecule has 2 aliphatic heterocycles. The van der Waals surface area contributed by atoms with Gasteiger partial charge in [-0.2, -0.15) is 0 Å². The van der Waals surface area contributed by atoms with E-state index >= 15 is 4.79 Å². The lowest BCUT2D eigenvalue weighted by Crippen LogP contribution is -2.70. The van der Waals surface area contributed by atoms with Crippen molar-refractivity contribution in [1.82, 2.24) is 4.90 Å². The zero-order chi connectivity index (χ0) is 53.1. The SMILES string of the molecule is C=CCOC12Oc3ccc(Oc4cccc([N+](=O)[O-])c4)cc3C3C(CCCCO)C(CCCCO)C=C(C(=NOC4CCCCO4)CC1N(Cc1cccc4ccccc14)C(=O)OCCCCCCCCCCCC)C32. The predicted octanol–water partition coefficient (Wildman–Crippen LogP) is 14.3. The van der Waals surface area contributed by atoms with Crippen molar-refractivity contribution < 1.29 is 48.5 Å². The molecule has 4 aromatic rings. The highest BCUT2D eigenvalue weighted by Crippen LogP contribution is 2.62. The Balaban J connectivity index is 1.26. The molecule has 2 aliphatic carbocycles. The maximum Gasteiger partial charge on any atom is 0.410 e. The first-order chi connectivity index (χ1) is 37.3. The van der Waals surface area contributed by atoms with E-state index in [-0.39, 0.29) is 62.8 Å². The van der Waals surface area contributed by atoms with Crippen LogP contribution in [0.25, 0.3) is 10.8 Å². The summed E-state index contributed by atoms with van der Waals surface area (Å²) < 4.78 is 33.8. The van der Waals surface area contributed by atoms with Crippen molar-refractivity contribution >= 4 is 28.3 Å². The molecule has 4 aromatic carbocycles. The fourth-order valence-corrected chi connectivity index (χ4v) is 12.2. The topological polar surface area (TPSA) is 172 Å². The first-order valence-electron chi connectivity index (χ1n) is 28.5. The number of rotatable bonds is 30. The minimum atomic E-state index is -1.54. The summed E-state index contributed by atoms with van der Waals surface area (Å²) in [7, 11) is 0. The number of oxime groups is 1. The van der Waals surface area contributed by atoms with E-state index in [9.17, 15) is 20.3 Å². The average molecular weight is 1040 g/mol. The smallest absolute Gasteiger partial charge is 0.410 e. The number of ether oxygens (including phenoxy) is 5. The van der Waals surface area contributed by atoms with Gasteiger partial charge in [0.2, 0.25) is 12.1 Å². The molecular formula is C62H81N3O11. The van der Waals surface area contributed by atoms with Crippen molar-refractivity contribution in [2.75, 3.05) is 33.0 Å². The van der Waals surface area contributed by atoms with Gasteiger partial charge in [-0.15, -0.1) is 6.58 Å². The van der Waals surface area contributed by atoms with E-state index in [4.69, 9.17) is 33.7 Å². The Morgan fingerprint density at radius 2 is 1.61 bits per heavy atom. The Morgan fingerprint density at radius 1 is 0.868 bits per heavy atom. The highest BCUT2D eigenvalue weighted by atomic mass is 16.8. The van der Waals surface area contributed by atoms with Crippen LogP contribution in [0.1, 0.15) is 152 Å². The molecule has 0 aromatic heterocycles. The number of hydrogen-bond acceptors (Lipinski definition) is 12. The number of carbonyl (C=O) groups excluding carboxylic acids is 1. The van der Waals surface area contributed by atoms with Crippen LogP contribution in [-0.4, -0.2) is 83.0 Å². The summed E-state index contributed by atoms with van der Waals surface area (Å²) in [4.78, 5) is 35.0. The molecule has 14 nitrogen and oxygen atoms in total. The van der Waals surface area contributed by atoms with Gasteiger partial charge >= 0.3 is 6.09 Å². The van der Waals surface area contributed by atoms with Crippen molar-refractivity contribution in [1.29, 1.82) is 0 Å². The van der Waals surface area contributed by atoms with Gasteiger partial charge in [-0.3, -0.25) is 15.0 Å². The third kappa shape index (κ3) is 14.0. The molecule has 410 valence electrons. The summed E-state index contributed by atoms with van der Waals surface area (Å²) in [6.07, 6.45) is 21.6. The molecule has 14 heteroatoms. The second-order valence-electron chi connectivity index (χ2n) is 21.1. The van der Waals surface area contributed by atoms with Crippen molar-refractivity contribution in [3.8, 4) is 17.2 Å². The van der Waals surface area contributed by atoms with Gasteiger partial charge < -0.3 is 38.7 Å². The van der Waals surface area contributed by atoms with E-state index in [1.165, 1.54) is 50.7 Å². The van der Waals surface area contributed by atoms with Crippen molar-refractivity contribution in [2.45, 2.75) is 166 Å². The second kappa shape index (κ2) is 28.5. The number of aliphatic hydroxyl groups excluding tert-OH is 2. The number of non-ortho nitro benzene ring substituents is 1. The molecule has 2 fully saturated rings. The molecular weight excluding hydrogens is 963 g/mol. The second-order valence-corrected chi connectivity index (χ2v) is 21.1. The van der Waals surface area contributed by atoms with Gasteiger partial charge in [0.1, 0.15) is 23.3 Å². The normalized spacial score (nSPS) is 23.2. The molecule has 7 atom stereocenters. The lowest BCUT2D eigenvalue weighted by Gasteiger charge is -2.60. The number of nitro groups is 1.